The molecule has 0 radical (unpaired) electrons. The first-order valence-corrected chi connectivity index (χ1v) is 8.53. The summed E-state index contributed by atoms with van der Waals surface area (Å²) in [4.78, 5) is 9.44. The summed E-state index contributed by atoms with van der Waals surface area (Å²) in [7, 11) is 1.80. The minimum absolute atomic E-state index is 0.569. The number of hydrogen-bond acceptors (Lipinski definition) is 5. The molecule has 3 aliphatic heterocycles. The molecular weight excluding hydrogens is 304 g/mol. The van der Waals surface area contributed by atoms with E-state index >= 15 is 0 Å². The second-order valence-corrected chi connectivity index (χ2v) is 6.34. The van der Waals surface area contributed by atoms with Gasteiger partial charge in [0.15, 0.2) is 17.4 Å². The Labute approximate surface area is 141 Å². The van der Waals surface area contributed by atoms with Crippen molar-refractivity contribution in [3.05, 3.63) is 30.2 Å². The molecule has 2 aromatic heterocycles. The summed E-state index contributed by atoms with van der Waals surface area (Å²) in [6.07, 6.45) is 1.98. The monoisotopic (exact) mass is 328 g/mol. The maximum atomic E-state index is 4.32. The molecule has 5 rings (SSSR count). The molecule has 2 N–H and O–H groups in total. The molecule has 8 heteroatoms. The molecule has 0 aromatic carbocycles. The fourth-order valence-electron chi connectivity index (χ4n) is 3.53. The van der Waals surface area contributed by atoms with Crippen molar-refractivity contribution in [2.24, 2.45) is 4.99 Å². The highest BCUT2D eigenvalue weighted by Gasteiger charge is 2.31. The normalized spacial score (nSPS) is 26.7. The maximum absolute atomic E-state index is 4.32. The van der Waals surface area contributed by atoms with Gasteiger partial charge in [0.05, 0.1) is 6.54 Å². The lowest BCUT2D eigenvalue weighted by Crippen LogP contribution is -2.63. The molecular formula is C16H24N8. The molecule has 24 heavy (non-hydrogen) atoms. The van der Waals surface area contributed by atoms with Crippen LogP contribution in [0, 0.1) is 0 Å². The maximum Gasteiger partial charge on any atom is 0.191 e. The second kappa shape index (κ2) is 6.74. The molecule has 128 valence electrons. The summed E-state index contributed by atoms with van der Waals surface area (Å²) in [5, 5.41) is 15.2. The topological polar surface area (TPSA) is 73.1 Å². The number of nitrogens with zero attached hydrogens (tertiary/aromatic N) is 6. The predicted octanol–water partition coefficient (Wildman–Crippen LogP) is -0.606. The van der Waals surface area contributed by atoms with E-state index in [0.29, 0.717) is 12.6 Å². The molecule has 2 bridgehead atoms. The van der Waals surface area contributed by atoms with Gasteiger partial charge in [0.25, 0.3) is 0 Å². The van der Waals surface area contributed by atoms with Crippen LogP contribution < -0.4 is 10.6 Å². The van der Waals surface area contributed by atoms with Gasteiger partial charge in [-0.3, -0.25) is 19.2 Å². The van der Waals surface area contributed by atoms with Gasteiger partial charge in [0.2, 0.25) is 0 Å². The molecule has 1 atom stereocenters. The molecule has 3 fully saturated rings. The van der Waals surface area contributed by atoms with Crippen LogP contribution >= 0.6 is 0 Å². The van der Waals surface area contributed by atoms with E-state index in [2.05, 4.69) is 35.6 Å². The quantitative estimate of drug-likeness (QED) is 0.576. The van der Waals surface area contributed by atoms with Crippen molar-refractivity contribution in [3.63, 3.8) is 0 Å². The Morgan fingerprint density at radius 2 is 2.08 bits per heavy atom. The van der Waals surface area contributed by atoms with E-state index in [-0.39, 0.29) is 0 Å². The van der Waals surface area contributed by atoms with Crippen LogP contribution in [0.1, 0.15) is 5.82 Å². The van der Waals surface area contributed by atoms with Crippen LogP contribution in [-0.4, -0.2) is 82.7 Å². The second-order valence-electron chi connectivity index (χ2n) is 6.34. The minimum atomic E-state index is 0.569. The lowest BCUT2D eigenvalue weighted by atomic mass is 10.1. The van der Waals surface area contributed by atoms with Gasteiger partial charge in [0, 0.05) is 58.6 Å². The summed E-state index contributed by atoms with van der Waals surface area (Å²) in [6.45, 7) is 7.45. The number of rotatable bonds is 4. The summed E-state index contributed by atoms with van der Waals surface area (Å²) in [5.41, 5.74) is 0.859. The summed E-state index contributed by atoms with van der Waals surface area (Å²) < 4.78 is 1.99. The van der Waals surface area contributed by atoms with Crippen molar-refractivity contribution in [3.8, 4) is 0 Å². The zero-order valence-electron chi connectivity index (χ0n) is 14.0. The number of pyridine rings is 1. The van der Waals surface area contributed by atoms with Gasteiger partial charge in [0.1, 0.15) is 0 Å². The van der Waals surface area contributed by atoms with Crippen LogP contribution in [0.25, 0.3) is 5.65 Å². The van der Waals surface area contributed by atoms with E-state index < -0.39 is 0 Å². The average molecular weight is 328 g/mol. The molecule has 1 unspecified atom stereocenters. The van der Waals surface area contributed by atoms with Gasteiger partial charge < -0.3 is 10.6 Å². The average Bonchev–Trinajstić information content (AvgIpc) is 3.06. The standard InChI is InChI=1S/C16H24N8/c1-17-16(18-10-13-12-22-6-8-23(13)9-7-22)19-11-15-21-20-14-4-2-3-5-24(14)15/h2-5,13H,6-12H2,1H3,(H2,17,18,19). The molecule has 3 saturated heterocycles. The third-order valence-corrected chi connectivity index (χ3v) is 4.92. The molecule has 0 spiro atoms. The molecule has 0 amide bonds. The van der Waals surface area contributed by atoms with Gasteiger partial charge in [-0.05, 0) is 12.1 Å². The van der Waals surface area contributed by atoms with Crippen LogP contribution in [0.4, 0.5) is 0 Å². The molecule has 0 aliphatic carbocycles. The molecule has 2 aromatic rings. The number of aromatic nitrogens is 3. The SMILES string of the molecule is CN=C(NCc1nnc2ccccn12)NCC1CN2CCN1CC2. The molecule has 8 nitrogen and oxygen atoms in total. The Morgan fingerprint density at radius 3 is 2.83 bits per heavy atom. The van der Waals surface area contributed by atoms with E-state index in [9.17, 15) is 0 Å². The van der Waals surface area contributed by atoms with Crippen molar-refractivity contribution in [2.75, 3.05) is 46.3 Å². The lowest BCUT2D eigenvalue weighted by Gasteiger charge is -2.47. The fraction of sp³-hybridized carbons (Fsp3) is 0.562. The van der Waals surface area contributed by atoms with E-state index in [1.807, 2.05) is 28.8 Å². The third-order valence-electron chi connectivity index (χ3n) is 4.92. The highest BCUT2D eigenvalue weighted by atomic mass is 15.4. The van der Waals surface area contributed by atoms with Gasteiger partial charge in [-0.2, -0.15) is 0 Å². The Morgan fingerprint density at radius 1 is 1.21 bits per heavy atom. The lowest BCUT2D eigenvalue weighted by molar-refractivity contribution is 0.0154. The van der Waals surface area contributed by atoms with Crippen LogP contribution in [0.2, 0.25) is 0 Å². The number of nitrogens with one attached hydrogen (secondary N) is 2. The van der Waals surface area contributed by atoms with Crippen molar-refractivity contribution in [1.29, 1.82) is 0 Å². The van der Waals surface area contributed by atoms with E-state index in [1.54, 1.807) is 7.05 Å². The van der Waals surface area contributed by atoms with Crippen LogP contribution in [0.3, 0.4) is 0 Å². The first-order valence-electron chi connectivity index (χ1n) is 8.53. The number of guanidine groups is 1. The van der Waals surface area contributed by atoms with Crippen LogP contribution in [0.15, 0.2) is 29.4 Å². The minimum Gasteiger partial charge on any atom is -0.355 e. The fourth-order valence-corrected chi connectivity index (χ4v) is 3.53. The number of aliphatic imine (C=N–C) groups is 1. The number of fused-ring (bicyclic) bond motifs is 4. The number of hydrogen-bond donors (Lipinski definition) is 2. The summed E-state index contributed by atoms with van der Waals surface area (Å²) in [6, 6.07) is 6.46. The van der Waals surface area contributed by atoms with Gasteiger partial charge in [-0.15, -0.1) is 10.2 Å². The third kappa shape index (κ3) is 3.07. The van der Waals surface area contributed by atoms with E-state index in [0.717, 1.165) is 30.5 Å². The van der Waals surface area contributed by atoms with Crippen LogP contribution in [0.5, 0.6) is 0 Å². The van der Waals surface area contributed by atoms with Crippen LogP contribution in [-0.2, 0) is 6.54 Å². The van der Waals surface area contributed by atoms with Gasteiger partial charge >= 0.3 is 0 Å². The zero-order valence-corrected chi connectivity index (χ0v) is 14.0. The van der Waals surface area contributed by atoms with E-state index in [1.165, 1.54) is 26.2 Å². The number of piperazine rings is 3. The first kappa shape index (κ1) is 15.3. The van der Waals surface area contributed by atoms with Crippen molar-refractivity contribution < 1.29 is 0 Å². The van der Waals surface area contributed by atoms with Gasteiger partial charge in [-0.1, -0.05) is 6.07 Å². The Kier molecular flexibility index (Phi) is 4.31. The highest BCUT2D eigenvalue weighted by molar-refractivity contribution is 5.79. The van der Waals surface area contributed by atoms with Crippen molar-refractivity contribution >= 4 is 11.6 Å². The van der Waals surface area contributed by atoms with Gasteiger partial charge in [-0.25, -0.2) is 0 Å². The zero-order chi connectivity index (χ0) is 16.4. The molecule has 3 aliphatic rings. The smallest absolute Gasteiger partial charge is 0.191 e. The Hall–Kier alpha value is -2.19. The summed E-state index contributed by atoms with van der Waals surface area (Å²) in [5.74, 6) is 1.68. The predicted molar refractivity (Wildman–Crippen MR) is 93.0 cm³/mol. The van der Waals surface area contributed by atoms with E-state index in [4.69, 9.17) is 0 Å². The molecule has 5 heterocycles. The summed E-state index contributed by atoms with van der Waals surface area (Å²) >= 11 is 0. The Bertz CT molecular complexity index is 716. The molecule has 0 saturated carbocycles. The first-order chi connectivity index (χ1) is 11.8. The highest BCUT2D eigenvalue weighted by Crippen LogP contribution is 2.14. The largest absolute Gasteiger partial charge is 0.355 e. The van der Waals surface area contributed by atoms with Crippen molar-refractivity contribution in [2.45, 2.75) is 12.6 Å². The Balaban J connectivity index is 1.32. The van der Waals surface area contributed by atoms with Crippen molar-refractivity contribution in [1.82, 2.24) is 35.0 Å².